The lowest BCUT2D eigenvalue weighted by atomic mass is 10.1. The Bertz CT molecular complexity index is 300. The van der Waals surface area contributed by atoms with E-state index in [1.54, 1.807) is 11.8 Å². The van der Waals surface area contributed by atoms with Gasteiger partial charge < -0.3 is 15.4 Å². The predicted octanol–water partition coefficient (Wildman–Crippen LogP) is 2.02. The van der Waals surface area contributed by atoms with Crippen molar-refractivity contribution >= 4 is 17.7 Å². The molecule has 0 aromatic heterocycles. The number of ether oxygens (including phenoxy) is 1. The molecule has 0 unspecified atom stereocenters. The van der Waals surface area contributed by atoms with E-state index >= 15 is 0 Å². The van der Waals surface area contributed by atoms with Crippen LogP contribution in [0, 0.1) is 0 Å². The maximum Gasteiger partial charge on any atom is 0.239 e. The Balaban J connectivity index is 1.68. The zero-order valence-corrected chi connectivity index (χ0v) is 13.4. The van der Waals surface area contributed by atoms with Crippen molar-refractivity contribution in [2.24, 2.45) is 5.73 Å². The highest BCUT2D eigenvalue weighted by atomic mass is 32.2. The van der Waals surface area contributed by atoms with E-state index in [4.69, 9.17) is 10.5 Å². The van der Waals surface area contributed by atoms with E-state index in [1.165, 1.54) is 25.7 Å². The van der Waals surface area contributed by atoms with Crippen molar-refractivity contribution in [1.29, 1.82) is 0 Å². The van der Waals surface area contributed by atoms with Gasteiger partial charge in [0, 0.05) is 13.1 Å². The molecule has 1 saturated heterocycles. The van der Waals surface area contributed by atoms with Gasteiger partial charge in [-0.2, -0.15) is 11.8 Å². The van der Waals surface area contributed by atoms with Gasteiger partial charge in [-0.15, -0.1) is 0 Å². The second-order valence-electron chi connectivity index (χ2n) is 5.96. The summed E-state index contributed by atoms with van der Waals surface area (Å²) in [7, 11) is 0. The van der Waals surface area contributed by atoms with Gasteiger partial charge in [0.15, 0.2) is 0 Å². The lowest BCUT2D eigenvalue weighted by Gasteiger charge is -2.34. The maximum absolute atomic E-state index is 12.2. The number of hydrogen-bond acceptors (Lipinski definition) is 4. The van der Waals surface area contributed by atoms with Gasteiger partial charge in [0.1, 0.15) is 0 Å². The molecule has 2 N–H and O–H groups in total. The highest BCUT2D eigenvalue weighted by Gasteiger charge is 2.28. The monoisotopic (exact) mass is 300 g/mol. The van der Waals surface area contributed by atoms with Crippen molar-refractivity contribution in [2.45, 2.75) is 63.2 Å². The molecule has 4 nitrogen and oxygen atoms in total. The molecule has 0 spiro atoms. The summed E-state index contributed by atoms with van der Waals surface area (Å²) in [5, 5.41) is 0. The number of rotatable bonds is 6. The molecule has 2 rings (SSSR count). The summed E-state index contributed by atoms with van der Waals surface area (Å²) in [4.78, 5) is 14.1. The molecule has 1 aliphatic heterocycles. The number of thioether (sulfide) groups is 1. The van der Waals surface area contributed by atoms with Crippen molar-refractivity contribution in [1.82, 2.24) is 4.90 Å². The molecule has 2 fully saturated rings. The summed E-state index contributed by atoms with van der Waals surface area (Å²) in [5.41, 5.74) is 5.97. The van der Waals surface area contributed by atoms with Crippen LogP contribution in [0.25, 0.3) is 0 Å². The number of carbonyl (C=O) groups is 1. The largest absolute Gasteiger partial charge is 0.375 e. The van der Waals surface area contributed by atoms with Crippen LogP contribution >= 0.6 is 11.8 Å². The molecule has 0 radical (unpaired) electrons. The first-order chi connectivity index (χ1) is 9.70. The average Bonchev–Trinajstić information content (AvgIpc) is 2.97. The number of nitrogens with zero attached hydrogens (tertiary/aromatic N) is 1. The van der Waals surface area contributed by atoms with Crippen LogP contribution in [-0.2, 0) is 9.53 Å². The summed E-state index contributed by atoms with van der Waals surface area (Å²) in [6.07, 6.45) is 10.7. The number of amides is 1. The lowest BCUT2D eigenvalue weighted by Crippen LogP contribution is -2.48. The Morgan fingerprint density at radius 1 is 1.25 bits per heavy atom. The highest BCUT2D eigenvalue weighted by Crippen LogP contribution is 2.25. The molecule has 0 aromatic carbocycles. The molecule has 1 saturated carbocycles. The van der Waals surface area contributed by atoms with Crippen molar-refractivity contribution in [3.63, 3.8) is 0 Å². The zero-order valence-electron chi connectivity index (χ0n) is 12.6. The Kier molecular flexibility index (Phi) is 6.65. The normalized spacial score (nSPS) is 23.2. The van der Waals surface area contributed by atoms with Crippen molar-refractivity contribution in [2.75, 3.05) is 25.1 Å². The van der Waals surface area contributed by atoms with E-state index < -0.39 is 0 Å². The van der Waals surface area contributed by atoms with E-state index in [2.05, 4.69) is 0 Å². The van der Waals surface area contributed by atoms with Crippen LogP contribution < -0.4 is 5.73 Å². The summed E-state index contributed by atoms with van der Waals surface area (Å²) >= 11 is 1.74. The van der Waals surface area contributed by atoms with Crippen molar-refractivity contribution < 1.29 is 9.53 Å². The standard InChI is InChI=1S/C15H28N2O2S/c1-20-11-8-14(16)15(18)17-9-6-13(7-10-17)19-12-4-2-3-5-12/h12-14H,2-11,16H2,1H3/t14-/m1/s1. The molecule has 1 heterocycles. The van der Waals surface area contributed by atoms with Gasteiger partial charge in [-0.1, -0.05) is 12.8 Å². The first-order valence-corrected chi connectivity index (χ1v) is 9.29. The van der Waals surface area contributed by atoms with E-state index in [9.17, 15) is 4.79 Å². The SMILES string of the molecule is CSCC[C@@H](N)C(=O)N1CCC(OC2CCCC2)CC1. The Hall–Kier alpha value is -0.260. The van der Waals surface area contributed by atoms with E-state index in [-0.39, 0.29) is 11.9 Å². The fraction of sp³-hybridized carbons (Fsp3) is 0.933. The van der Waals surface area contributed by atoms with Crippen molar-refractivity contribution in [3.8, 4) is 0 Å². The summed E-state index contributed by atoms with van der Waals surface area (Å²) in [6.45, 7) is 1.62. The second kappa shape index (κ2) is 8.25. The van der Waals surface area contributed by atoms with Crippen LogP contribution in [0.1, 0.15) is 44.9 Å². The van der Waals surface area contributed by atoms with Crippen LogP contribution in [-0.4, -0.2) is 54.2 Å². The fourth-order valence-corrected chi connectivity index (χ4v) is 3.60. The molecule has 1 amide bonds. The van der Waals surface area contributed by atoms with Gasteiger partial charge in [-0.05, 0) is 44.1 Å². The molecule has 5 heteroatoms. The molecular weight excluding hydrogens is 272 g/mol. The van der Waals surface area contributed by atoms with E-state index in [1.807, 2.05) is 11.2 Å². The van der Waals surface area contributed by atoms with Gasteiger partial charge in [0.2, 0.25) is 5.91 Å². The van der Waals surface area contributed by atoms with E-state index in [0.29, 0.717) is 12.2 Å². The number of piperidine rings is 1. The maximum atomic E-state index is 12.2. The highest BCUT2D eigenvalue weighted by molar-refractivity contribution is 7.98. The third-order valence-corrected chi connectivity index (χ3v) is 5.03. The third-order valence-electron chi connectivity index (χ3n) is 4.39. The summed E-state index contributed by atoms with van der Waals surface area (Å²) in [6, 6.07) is -0.324. The summed E-state index contributed by atoms with van der Waals surface area (Å²) < 4.78 is 6.13. The van der Waals surface area contributed by atoms with Gasteiger partial charge in [-0.25, -0.2) is 0 Å². The molecule has 20 heavy (non-hydrogen) atoms. The van der Waals surface area contributed by atoms with Crippen LogP contribution in [0.5, 0.6) is 0 Å². The molecule has 0 aromatic rings. The van der Waals surface area contributed by atoms with Crippen LogP contribution in [0.3, 0.4) is 0 Å². The topological polar surface area (TPSA) is 55.6 Å². The minimum atomic E-state index is -0.324. The Labute approximate surface area is 126 Å². The second-order valence-corrected chi connectivity index (χ2v) is 6.94. The third kappa shape index (κ3) is 4.64. The number of carbonyl (C=O) groups excluding carboxylic acids is 1. The lowest BCUT2D eigenvalue weighted by molar-refractivity contribution is -0.136. The minimum Gasteiger partial charge on any atom is -0.375 e. The molecule has 1 atom stereocenters. The quantitative estimate of drug-likeness (QED) is 0.815. The molecular formula is C15H28N2O2S. The van der Waals surface area contributed by atoms with Crippen LogP contribution in [0.15, 0.2) is 0 Å². The van der Waals surface area contributed by atoms with Crippen molar-refractivity contribution in [3.05, 3.63) is 0 Å². The van der Waals surface area contributed by atoms with E-state index in [0.717, 1.165) is 38.1 Å². The number of likely N-dealkylation sites (tertiary alicyclic amines) is 1. The molecule has 116 valence electrons. The van der Waals surface area contributed by atoms with Gasteiger partial charge >= 0.3 is 0 Å². The number of hydrogen-bond donors (Lipinski definition) is 1. The Morgan fingerprint density at radius 2 is 1.85 bits per heavy atom. The molecule has 0 bridgehead atoms. The Morgan fingerprint density at radius 3 is 2.45 bits per heavy atom. The smallest absolute Gasteiger partial charge is 0.239 e. The summed E-state index contributed by atoms with van der Waals surface area (Å²) in [5.74, 6) is 1.08. The fourth-order valence-electron chi connectivity index (χ4n) is 3.11. The zero-order chi connectivity index (χ0) is 14.4. The molecule has 1 aliphatic carbocycles. The first kappa shape index (κ1) is 16.1. The predicted molar refractivity (Wildman–Crippen MR) is 83.9 cm³/mol. The number of nitrogens with two attached hydrogens (primary N) is 1. The van der Waals surface area contributed by atoms with Gasteiger partial charge in [0.25, 0.3) is 0 Å². The molecule has 2 aliphatic rings. The van der Waals surface area contributed by atoms with Crippen LogP contribution in [0.2, 0.25) is 0 Å². The van der Waals surface area contributed by atoms with Gasteiger partial charge in [-0.3, -0.25) is 4.79 Å². The average molecular weight is 300 g/mol. The van der Waals surface area contributed by atoms with Gasteiger partial charge in [0.05, 0.1) is 18.2 Å². The first-order valence-electron chi connectivity index (χ1n) is 7.89. The van der Waals surface area contributed by atoms with Crippen LogP contribution in [0.4, 0.5) is 0 Å². The minimum absolute atomic E-state index is 0.123.